The molecule has 3 aromatic rings. The van der Waals surface area contributed by atoms with E-state index >= 15 is 0 Å². The van der Waals surface area contributed by atoms with Crippen LogP contribution in [0.3, 0.4) is 0 Å². The molecule has 1 aliphatic heterocycles. The number of carbonyl (C=O) groups excluding carboxylic acids is 1. The lowest BCUT2D eigenvalue weighted by Gasteiger charge is -2.37. The summed E-state index contributed by atoms with van der Waals surface area (Å²) in [5, 5.41) is 2.07. The van der Waals surface area contributed by atoms with Crippen molar-refractivity contribution in [1.82, 2.24) is 4.90 Å². The van der Waals surface area contributed by atoms with Gasteiger partial charge in [-0.3, -0.25) is 4.79 Å². The van der Waals surface area contributed by atoms with Crippen LogP contribution in [0.4, 0.5) is 0 Å². The summed E-state index contributed by atoms with van der Waals surface area (Å²) in [6.07, 6.45) is 0.811. The number of amides is 1. The molecule has 1 aliphatic rings. The van der Waals surface area contributed by atoms with Crippen molar-refractivity contribution in [2.75, 3.05) is 26.5 Å². The van der Waals surface area contributed by atoms with Crippen molar-refractivity contribution in [1.29, 1.82) is 0 Å². The second kappa shape index (κ2) is 9.79. The van der Waals surface area contributed by atoms with E-state index in [2.05, 4.69) is 48.7 Å². The van der Waals surface area contributed by atoms with Crippen LogP contribution in [-0.2, 0) is 17.0 Å². The molecule has 0 saturated carbocycles. The zero-order valence-electron chi connectivity index (χ0n) is 18.1. The number of hydrogen-bond acceptors (Lipinski definition) is 5. The Morgan fingerprint density at radius 1 is 1.13 bits per heavy atom. The van der Waals surface area contributed by atoms with Crippen LogP contribution in [0.5, 0.6) is 11.5 Å². The Morgan fingerprint density at radius 3 is 2.65 bits per heavy atom. The number of hydrogen-bond donors (Lipinski definition) is 0. The summed E-state index contributed by atoms with van der Waals surface area (Å²) in [4.78, 5) is 16.5. The SMILES string of the molecule is COc1cc2c(cc1OC)C(c1cccs1)N(C(=O)CSCc1cccc(C)c1)CC2. The van der Waals surface area contributed by atoms with Gasteiger partial charge in [-0.2, -0.15) is 0 Å². The minimum atomic E-state index is -0.0874. The van der Waals surface area contributed by atoms with E-state index < -0.39 is 0 Å². The summed E-state index contributed by atoms with van der Waals surface area (Å²) in [7, 11) is 3.31. The lowest BCUT2D eigenvalue weighted by atomic mass is 9.91. The molecule has 31 heavy (non-hydrogen) atoms. The maximum Gasteiger partial charge on any atom is 0.233 e. The van der Waals surface area contributed by atoms with Gasteiger partial charge in [0, 0.05) is 17.2 Å². The molecule has 162 valence electrons. The topological polar surface area (TPSA) is 38.8 Å². The molecule has 0 fully saturated rings. The fourth-order valence-corrected chi connectivity index (χ4v) is 5.82. The van der Waals surface area contributed by atoms with Gasteiger partial charge < -0.3 is 14.4 Å². The van der Waals surface area contributed by atoms with E-state index in [9.17, 15) is 4.79 Å². The first-order valence-electron chi connectivity index (χ1n) is 10.3. The highest BCUT2D eigenvalue weighted by Crippen LogP contribution is 2.42. The van der Waals surface area contributed by atoms with Crippen LogP contribution in [0.15, 0.2) is 53.9 Å². The summed E-state index contributed by atoms with van der Waals surface area (Å²) >= 11 is 3.37. The number of ether oxygens (including phenoxy) is 2. The Kier molecular flexibility index (Phi) is 6.88. The molecule has 0 aliphatic carbocycles. The van der Waals surface area contributed by atoms with Crippen LogP contribution in [0.1, 0.15) is 33.2 Å². The van der Waals surface area contributed by atoms with Crippen molar-refractivity contribution in [2.45, 2.75) is 25.1 Å². The van der Waals surface area contributed by atoms with Gasteiger partial charge in [0.05, 0.1) is 26.0 Å². The lowest BCUT2D eigenvalue weighted by Crippen LogP contribution is -2.41. The van der Waals surface area contributed by atoms with Crippen molar-refractivity contribution in [3.63, 3.8) is 0 Å². The number of nitrogens with zero attached hydrogens (tertiary/aromatic N) is 1. The predicted molar refractivity (Wildman–Crippen MR) is 128 cm³/mol. The molecule has 0 bridgehead atoms. The summed E-state index contributed by atoms with van der Waals surface area (Å²) in [6.45, 7) is 2.80. The van der Waals surface area contributed by atoms with Crippen molar-refractivity contribution in [3.05, 3.63) is 81.0 Å². The summed E-state index contributed by atoms with van der Waals surface area (Å²) in [6, 6.07) is 16.6. The molecular formula is C25H27NO3S2. The lowest BCUT2D eigenvalue weighted by molar-refractivity contribution is -0.130. The zero-order valence-corrected chi connectivity index (χ0v) is 19.7. The molecule has 0 spiro atoms. The Bertz CT molecular complexity index is 1050. The average Bonchev–Trinajstić information content (AvgIpc) is 3.31. The largest absolute Gasteiger partial charge is 0.493 e. The standard InChI is InChI=1S/C25H27NO3S2/c1-17-6-4-7-18(12-17)15-30-16-24(27)26-10-9-19-13-21(28-2)22(29-3)14-20(19)25(26)23-8-5-11-31-23/h4-8,11-14,25H,9-10,15-16H2,1-3H3. The number of fused-ring (bicyclic) bond motifs is 1. The number of rotatable bonds is 7. The van der Waals surface area contributed by atoms with Crippen LogP contribution in [0, 0.1) is 6.92 Å². The molecule has 2 aromatic carbocycles. The molecule has 4 nitrogen and oxygen atoms in total. The van der Waals surface area contributed by atoms with E-state index in [-0.39, 0.29) is 11.9 Å². The van der Waals surface area contributed by atoms with E-state index in [1.54, 1.807) is 37.3 Å². The van der Waals surface area contributed by atoms with E-state index in [4.69, 9.17) is 9.47 Å². The first-order chi connectivity index (χ1) is 15.1. The highest BCUT2D eigenvalue weighted by molar-refractivity contribution is 7.99. The summed E-state index contributed by atoms with van der Waals surface area (Å²) in [5.74, 6) is 2.92. The first kappa shape index (κ1) is 21.8. The summed E-state index contributed by atoms with van der Waals surface area (Å²) < 4.78 is 11.1. The number of thiophene rings is 1. The minimum Gasteiger partial charge on any atom is -0.493 e. The maximum atomic E-state index is 13.3. The van der Waals surface area contributed by atoms with E-state index in [1.165, 1.54) is 21.6 Å². The van der Waals surface area contributed by atoms with Crippen molar-refractivity contribution in [3.8, 4) is 11.5 Å². The van der Waals surface area contributed by atoms with Gasteiger partial charge in [-0.15, -0.1) is 23.1 Å². The molecule has 1 amide bonds. The normalized spacial score (nSPS) is 15.5. The monoisotopic (exact) mass is 453 g/mol. The highest BCUT2D eigenvalue weighted by atomic mass is 32.2. The molecule has 6 heteroatoms. The molecule has 1 atom stereocenters. The van der Waals surface area contributed by atoms with Gasteiger partial charge in [0.15, 0.2) is 11.5 Å². The van der Waals surface area contributed by atoms with Crippen LogP contribution in [0.2, 0.25) is 0 Å². The van der Waals surface area contributed by atoms with Crippen LogP contribution < -0.4 is 9.47 Å². The molecule has 1 unspecified atom stereocenters. The van der Waals surface area contributed by atoms with Crippen LogP contribution in [-0.4, -0.2) is 37.3 Å². The second-order valence-corrected chi connectivity index (χ2v) is 9.61. The van der Waals surface area contributed by atoms with Gasteiger partial charge in [0.2, 0.25) is 5.91 Å². The minimum absolute atomic E-state index is 0.0874. The fourth-order valence-electron chi connectivity index (χ4n) is 4.11. The van der Waals surface area contributed by atoms with Crippen molar-refractivity contribution < 1.29 is 14.3 Å². The van der Waals surface area contributed by atoms with Crippen LogP contribution in [0.25, 0.3) is 0 Å². The third-order valence-corrected chi connectivity index (χ3v) is 7.50. The average molecular weight is 454 g/mol. The fraction of sp³-hybridized carbons (Fsp3) is 0.320. The number of carbonyl (C=O) groups is 1. The molecule has 1 aromatic heterocycles. The Balaban J connectivity index is 1.56. The quantitative estimate of drug-likeness (QED) is 0.475. The predicted octanol–water partition coefficient (Wildman–Crippen LogP) is 5.48. The number of thioether (sulfide) groups is 1. The van der Waals surface area contributed by atoms with Gasteiger partial charge in [0.1, 0.15) is 0 Å². The van der Waals surface area contributed by atoms with Gasteiger partial charge >= 0.3 is 0 Å². The number of aryl methyl sites for hydroxylation is 1. The third-order valence-electron chi connectivity index (χ3n) is 5.58. The highest BCUT2D eigenvalue weighted by Gasteiger charge is 2.33. The van der Waals surface area contributed by atoms with Gasteiger partial charge in [0.25, 0.3) is 0 Å². The summed E-state index contributed by atoms with van der Waals surface area (Å²) in [5.41, 5.74) is 4.85. The third kappa shape index (κ3) is 4.75. The van der Waals surface area contributed by atoms with Crippen LogP contribution >= 0.6 is 23.1 Å². The van der Waals surface area contributed by atoms with Crippen molar-refractivity contribution in [2.24, 2.45) is 0 Å². The maximum absolute atomic E-state index is 13.3. The van der Waals surface area contributed by atoms with E-state index in [0.29, 0.717) is 18.0 Å². The molecule has 0 radical (unpaired) electrons. The molecule has 0 saturated heterocycles. The smallest absolute Gasteiger partial charge is 0.233 e. The molecule has 0 N–H and O–H groups in total. The zero-order chi connectivity index (χ0) is 21.8. The van der Waals surface area contributed by atoms with Gasteiger partial charge in [-0.05, 0) is 53.6 Å². The number of methoxy groups -OCH3 is 2. The number of benzene rings is 2. The van der Waals surface area contributed by atoms with Crippen molar-refractivity contribution >= 4 is 29.0 Å². The Labute approximate surface area is 192 Å². The Hall–Kier alpha value is -2.44. The molecule has 2 heterocycles. The first-order valence-corrected chi connectivity index (χ1v) is 12.3. The van der Waals surface area contributed by atoms with Gasteiger partial charge in [-0.25, -0.2) is 0 Å². The van der Waals surface area contributed by atoms with E-state index in [1.807, 2.05) is 17.0 Å². The Morgan fingerprint density at radius 2 is 1.94 bits per heavy atom. The molecular weight excluding hydrogens is 426 g/mol. The van der Waals surface area contributed by atoms with E-state index in [0.717, 1.165) is 23.5 Å². The second-order valence-electron chi connectivity index (χ2n) is 7.64. The molecule has 4 rings (SSSR count). The van der Waals surface area contributed by atoms with Gasteiger partial charge in [-0.1, -0.05) is 35.9 Å².